The van der Waals surface area contributed by atoms with Gasteiger partial charge in [-0.05, 0) is 24.6 Å². The van der Waals surface area contributed by atoms with E-state index in [-0.39, 0.29) is 6.61 Å². The van der Waals surface area contributed by atoms with Crippen LogP contribution in [-0.2, 0) is 13.2 Å². The van der Waals surface area contributed by atoms with E-state index >= 15 is 0 Å². The summed E-state index contributed by atoms with van der Waals surface area (Å²) in [6.07, 6.45) is 0. The normalized spacial score (nSPS) is 10.5. The monoisotopic (exact) mass is 263 g/mol. The van der Waals surface area contributed by atoms with Crippen molar-refractivity contribution in [2.24, 2.45) is 5.73 Å². The van der Waals surface area contributed by atoms with Crippen molar-refractivity contribution in [1.82, 2.24) is 0 Å². The molecule has 0 aliphatic rings. The molecule has 4 heteroatoms. The molecule has 2 aromatic carbocycles. The fourth-order valence-electron chi connectivity index (χ4n) is 1.87. The average Bonchev–Trinajstić information content (AvgIpc) is 2.39. The van der Waals surface area contributed by atoms with Gasteiger partial charge in [-0.1, -0.05) is 18.2 Å². The molecule has 0 bridgehead atoms. The van der Waals surface area contributed by atoms with Crippen LogP contribution in [0.2, 0.25) is 0 Å². The predicted octanol–water partition coefficient (Wildman–Crippen LogP) is 3.31. The van der Waals surface area contributed by atoms with Crippen molar-refractivity contribution < 1.29 is 13.5 Å². The van der Waals surface area contributed by atoms with Gasteiger partial charge in [-0.3, -0.25) is 0 Å². The van der Waals surface area contributed by atoms with Crippen molar-refractivity contribution in [2.45, 2.75) is 20.1 Å². The Morgan fingerprint density at radius 1 is 1.11 bits per heavy atom. The number of hydrogen-bond donors (Lipinski definition) is 1. The highest BCUT2D eigenvalue weighted by atomic mass is 19.1. The minimum absolute atomic E-state index is 0.0456. The molecule has 0 saturated heterocycles. The highest BCUT2D eigenvalue weighted by molar-refractivity contribution is 5.40. The van der Waals surface area contributed by atoms with Gasteiger partial charge in [0.2, 0.25) is 0 Å². The third-order valence-corrected chi connectivity index (χ3v) is 2.90. The maximum atomic E-state index is 13.5. The fraction of sp³-hybridized carbons (Fsp3) is 0.200. The molecule has 0 aliphatic heterocycles. The molecule has 2 rings (SSSR count). The molecule has 0 radical (unpaired) electrons. The first-order chi connectivity index (χ1) is 9.11. The zero-order valence-corrected chi connectivity index (χ0v) is 10.6. The molecular weight excluding hydrogens is 248 g/mol. The number of halogens is 2. The van der Waals surface area contributed by atoms with Crippen LogP contribution in [0.5, 0.6) is 5.75 Å². The van der Waals surface area contributed by atoms with E-state index in [1.165, 1.54) is 12.1 Å². The lowest BCUT2D eigenvalue weighted by Gasteiger charge is -2.13. The molecule has 0 saturated carbocycles. The fourth-order valence-corrected chi connectivity index (χ4v) is 1.87. The molecular formula is C15H15F2NO. The molecule has 0 amide bonds. The Morgan fingerprint density at radius 2 is 1.89 bits per heavy atom. The van der Waals surface area contributed by atoms with Crippen LogP contribution in [0.15, 0.2) is 36.4 Å². The molecule has 0 spiro atoms. The van der Waals surface area contributed by atoms with Gasteiger partial charge in [-0.25, -0.2) is 8.78 Å². The SMILES string of the molecule is Cc1cccc(CN)c1OCc1ccc(F)cc1F. The second-order valence-corrected chi connectivity index (χ2v) is 4.29. The summed E-state index contributed by atoms with van der Waals surface area (Å²) in [5.41, 5.74) is 7.75. The van der Waals surface area contributed by atoms with Gasteiger partial charge in [0, 0.05) is 23.7 Å². The van der Waals surface area contributed by atoms with E-state index in [4.69, 9.17) is 10.5 Å². The number of hydrogen-bond acceptors (Lipinski definition) is 2. The third-order valence-electron chi connectivity index (χ3n) is 2.90. The molecule has 2 aromatic rings. The number of benzene rings is 2. The van der Waals surface area contributed by atoms with Gasteiger partial charge < -0.3 is 10.5 Å². The van der Waals surface area contributed by atoms with Crippen LogP contribution < -0.4 is 10.5 Å². The van der Waals surface area contributed by atoms with Crippen LogP contribution in [0.3, 0.4) is 0 Å². The van der Waals surface area contributed by atoms with Crippen LogP contribution in [0, 0.1) is 18.6 Å². The zero-order chi connectivity index (χ0) is 13.8. The summed E-state index contributed by atoms with van der Waals surface area (Å²) in [4.78, 5) is 0. The number of ether oxygens (including phenoxy) is 1. The van der Waals surface area contributed by atoms with Crippen molar-refractivity contribution in [3.63, 3.8) is 0 Å². The maximum Gasteiger partial charge on any atom is 0.132 e. The van der Waals surface area contributed by atoms with Crippen molar-refractivity contribution >= 4 is 0 Å². The summed E-state index contributed by atoms with van der Waals surface area (Å²) in [7, 11) is 0. The molecule has 0 heterocycles. The molecule has 0 fully saturated rings. The Hall–Kier alpha value is -1.94. The van der Waals surface area contributed by atoms with Gasteiger partial charge >= 0.3 is 0 Å². The Labute approximate surface area is 110 Å². The Bertz CT molecular complexity index is 584. The first-order valence-corrected chi connectivity index (χ1v) is 5.97. The lowest BCUT2D eigenvalue weighted by atomic mass is 10.1. The minimum atomic E-state index is -0.608. The first-order valence-electron chi connectivity index (χ1n) is 5.97. The minimum Gasteiger partial charge on any atom is -0.488 e. The quantitative estimate of drug-likeness (QED) is 0.918. The lowest BCUT2D eigenvalue weighted by Crippen LogP contribution is -2.05. The van der Waals surface area contributed by atoms with Crippen LogP contribution in [-0.4, -0.2) is 0 Å². The van der Waals surface area contributed by atoms with E-state index in [1.807, 2.05) is 25.1 Å². The van der Waals surface area contributed by atoms with Gasteiger partial charge in [-0.15, -0.1) is 0 Å². The van der Waals surface area contributed by atoms with Crippen LogP contribution >= 0.6 is 0 Å². The number of rotatable bonds is 4. The molecule has 2 N–H and O–H groups in total. The summed E-state index contributed by atoms with van der Waals surface area (Å²) >= 11 is 0. The van der Waals surface area contributed by atoms with E-state index in [2.05, 4.69) is 0 Å². The van der Waals surface area contributed by atoms with Crippen molar-refractivity contribution in [1.29, 1.82) is 0 Å². The zero-order valence-electron chi connectivity index (χ0n) is 10.6. The molecule has 2 nitrogen and oxygen atoms in total. The van der Waals surface area contributed by atoms with E-state index in [1.54, 1.807) is 0 Å². The van der Waals surface area contributed by atoms with Crippen LogP contribution in [0.25, 0.3) is 0 Å². The molecule has 0 atom stereocenters. The Morgan fingerprint density at radius 3 is 2.58 bits per heavy atom. The summed E-state index contributed by atoms with van der Waals surface area (Å²) in [6, 6.07) is 9.09. The third kappa shape index (κ3) is 3.09. The van der Waals surface area contributed by atoms with E-state index in [0.29, 0.717) is 17.9 Å². The second-order valence-electron chi connectivity index (χ2n) is 4.29. The molecule has 0 aliphatic carbocycles. The first kappa shape index (κ1) is 13.5. The lowest BCUT2D eigenvalue weighted by molar-refractivity contribution is 0.294. The smallest absolute Gasteiger partial charge is 0.132 e. The van der Waals surface area contributed by atoms with Gasteiger partial charge in [-0.2, -0.15) is 0 Å². The average molecular weight is 263 g/mol. The van der Waals surface area contributed by atoms with Crippen molar-refractivity contribution in [2.75, 3.05) is 0 Å². The largest absolute Gasteiger partial charge is 0.488 e. The Kier molecular flexibility index (Phi) is 4.12. The van der Waals surface area contributed by atoms with Gasteiger partial charge in [0.15, 0.2) is 0 Å². The standard InChI is InChI=1S/C15H15F2NO/c1-10-3-2-4-11(8-18)15(10)19-9-12-5-6-13(16)7-14(12)17/h2-7H,8-9,18H2,1H3. The maximum absolute atomic E-state index is 13.5. The van der Waals surface area contributed by atoms with Crippen molar-refractivity contribution in [3.8, 4) is 5.75 Å². The predicted molar refractivity (Wildman–Crippen MR) is 69.8 cm³/mol. The molecule has 100 valence electrons. The number of aryl methyl sites for hydroxylation is 1. The molecule has 19 heavy (non-hydrogen) atoms. The summed E-state index contributed by atoms with van der Waals surface area (Å²) in [5, 5.41) is 0. The summed E-state index contributed by atoms with van der Waals surface area (Å²) in [6.45, 7) is 2.29. The highest BCUT2D eigenvalue weighted by Crippen LogP contribution is 2.24. The van der Waals surface area contributed by atoms with Gasteiger partial charge in [0.25, 0.3) is 0 Å². The Balaban J connectivity index is 2.19. The van der Waals surface area contributed by atoms with Crippen LogP contribution in [0.1, 0.15) is 16.7 Å². The van der Waals surface area contributed by atoms with E-state index < -0.39 is 11.6 Å². The number of nitrogens with two attached hydrogens (primary N) is 1. The second kappa shape index (κ2) is 5.80. The van der Waals surface area contributed by atoms with Gasteiger partial charge in [0.05, 0.1) is 0 Å². The highest BCUT2D eigenvalue weighted by Gasteiger charge is 2.08. The van der Waals surface area contributed by atoms with E-state index in [0.717, 1.165) is 17.2 Å². The van der Waals surface area contributed by atoms with E-state index in [9.17, 15) is 8.78 Å². The number of para-hydroxylation sites is 1. The topological polar surface area (TPSA) is 35.2 Å². The molecule has 0 unspecified atom stereocenters. The summed E-state index contributed by atoms with van der Waals surface area (Å²) < 4.78 is 31.9. The van der Waals surface area contributed by atoms with Crippen LogP contribution in [0.4, 0.5) is 8.78 Å². The van der Waals surface area contributed by atoms with Gasteiger partial charge in [0.1, 0.15) is 24.0 Å². The van der Waals surface area contributed by atoms with Crippen molar-refractivity contribution in [3.05, 3.63) is 64.7 Å². The molecule has 0 aromatic heterocycles. The summed E-state index contributed by atoms with van der Waals surface area (Å²) in [5.74, 6) is -0.545.